The molecule has 0 saturated heterocycles. The standard InChI is InChI=1S/C23H32N2O/c1-4-6-7-8-9-10-21-16-25-22(17-24-21)19-11-13-20(14-12-19)23(26)15-18(3)5-2/h11-14,16-18H,4-10,15H2,1-3H3. The van der Waals surface area contributed by atoms with E-state index in [0.29, 0.717) is 12.3 Å². The molecule has 3 nitrogen and oxygen atoms in total. The quantitative estimate of drug-likeness (QED) is 0.353. The number of benzene rings is 1. The number of nitrogens with zero attached hydrogens (tertiary/aromatic N) is 2. The highest BCUT2D eigenvalue weighted by Crippen LogP contribution is 2.19. The van der Waals surface area contributed by atoms with Crippen molar-refractivity contribution in [2.24, 2.45) is 5.92 Å². The lowest BCUT2D eigenvalue weighted by atomic mass is 9.97. The number of aromatic nitrogens is 2. The number of ketones is 1. The van der Waals surface area contributed by atoms with Gasteiger partial charge in [0.2, 0.25) is 0 Å². The molecule has 26 heavy (non-hydrogen) atoms. The van der Waals surface area contributed by atoms with Crippen molar-refractivity contribution in [1.82, 2.24) is 9.97 Å². The molecule has 1 atom stereocenters. The van der Waals surface area contributed by atoms with Crippen LogP contribution in [0.2, 0.25) is 0 Å². The first-order valence-electron chi connectivity index (χ1n) is 10.1. The van der Waals surface area contributed by atoms with E-state index in [2.05, 4.69) is 30.7 Å². The van der Waals surface area contributed by atoms with Crippen LogP contribution < -0.4 is 0 Å². The zero-order chi connectivity index (χ0) is 18.8. The molecule has 0 aliphatic carbocycles. The third-order valence-electron chi connectivity index (χ3n) is 4.98. The van der Waals surface area contributed by atoms with Gasteiger partial charge < -0.3 is 0 Å². The third-order valence-corrected chi connectivity index (χ3v) is 4.98. The van der Waals surface area contributed by atoms with Crippen molar-refractivity contribution in [3.8, 4) is 11.3 Å². The Hall–Kier alpha value is -2.03. The van der Waals surface area contributed by atoms with Crippen LogP contribution in [0.4, 0.5) is 0 Å². The number of carbonyl (C=O) groups excluding carboxylic acids is 1. The lowest BCUT2D eigenvalue weighted by Crippen LogP contribution is -2.05. The molecule has 3 heteroatoms. The van der Waals surface area contributed by atoms with Gasteiger partial charge >= 0.3 is 0 Å². The zero-order valence-electron chi connectivity index (χ0n) is 16.5. The Morgan fingerprint density at radius 3 is 2.31 bits per heavy atom. The molecule has 1 aromatic heterocycles. The molecule has 0 aliphatic heterocycles. The summed E-state index contributed by atoms with van der Waals surface area (Å²) in [4.78, 5) is 21.3. The van der Waals surface area contributed by atoms with Gasteiger partial charge in [-0.1, -0.05) is 77.1 Å². The SMILES string of the molecule is CCCCCCCc1cnc(-c2ccc(C(=O)CC(C)CC)cc2)cn1. The Balaban J connectivity index is 1.91. The van der Waals surface area contributed by atoms with E-state index in [1.807, 2.05) is 36.7 Å². The lowest BCUT2D eigenvalue weighted by molar-refractivity contribution is 0.0963. The monoisotopic (exact) mass is 352 g/mol. The van der Waals surface area contributed by atoms with Crippen LogP contribution in [0.15, 0.2) is 36.7 Å². The summed E-state index contributed by atoms with van der Waals surface area (Å²) in [6.07, 6.45) is 12.7. The van der Waals surface area contributed by atoms with Gasteiger partial charge in [0, 0.05) is 23.7 Å². The number of hydrogen-bond donors (Lipinski definition) is 0. The highest BCUT2D eigenvalue weighted by atomic mass is 16.1. The minimum absolute atomic E-state index is 0.218. The van der Waals surface area contributed by atoms with Gasteiger partial charge in [0.1, 0.15) is 0 Å². The van der Waals surface area contributed by atoms with Crippen molar-refractivity contribution in [3.63, 3.8) is 0 Å². The molecule has 1 unspecified atom stereocenters. The second kappa shape index (κ2) is 10.8. The van der Waals surface area contributed by atoms with Crippen molar-refractivity contribution < 1.29 is 4.79 Å². The molecule has 1 aromatic carbocycles. The number of rotatable bonds is 11. The van der Waals surface area contributed by atoms with Gasteiger partial charge in [-0.3, -0.25) is 14.8 Å². The Kier molecular flexibility index (Phi) is 8.46. The summed E-state index contributed by atoms with van der Waals surface area (Å²) in [7, 11) is 0. The van der Waals surface area contributed by atoms with Gasteiger partial charge in [0.25, 0.3) is 0 Å². The maximum atomic E-state index is 12.2. The highest BCUT2D eigenvalue weighted by Gasteiger charge is 2.10. The molecule has 0 amide bonds. The number of Topliss-reactive ketones (excluding diaryl/α,β-unsaturated/α-hetero) is 1. The predicted octanol–water partition coefficient (Wildman–Crippen LogP) is 6.28. The second-order valence-electron chi connectivity index (χ2n) is 7.28. The van der Waals surface area contributed by atoms with Crippen molar-refractivity contribution in [2.45, 2.75) is 72.1 Å². The molecular formula is C23H32N2O. The van der Waals surface area contributed by atoms with E-state index in [9.17, 15) is 4.79 Å². The molecule has 0 aliphatic rings. The fourth-order valence-corrected chi connectivity index (χ4v) is 2.95. The number of hydrogen-bond acceptors (Lipinski definition) is 3. The van der Waals surface area contributed by atoms with Crippen molar-refractivity contribution >= 4 is 5.78 Å². The summed E-state index contributed by atoms with van der Waals surface area (Å²) in [5.74, 6) is 0.651. The fourth-order valence-electron chi connectivity index (χ4n) is 2.95. The van der Waals surface area contributed by atoms with Crippen LogP contribution in [0.25, 0.3) is 11.3 Å². The van der Waals surface area contributed by atoms with Crippen LogP contribution in [0, 0.1) is 5.92 Å². The van der Waals surface area contributed by atoms with E-state index >= 15 is 0 Å². The molecule has 140 valence electrons. The molecule has 0 bridgehead atoms. The van der Waals surface area contributed by atoms with Crippen molar-refractivity contribution in [2.75, 3.05) is 0 Å². The third kappa shape index (κ3) is 6.36. The highest BCUT2D eigenvalue weighted by molar-refractivity contribution is 5.96. The molecule has 2 rings (SSSR count). The van der Waals surface area contributed by atoms with Crippen LogP contribution >= 0.6 is 0 Å². The van der Waals surface area contributed by atoms with Gasteiger partial charge in [-0.05, 0) is 18.8 Å². The molecule has 0 saturated carbocycles. The first-order valence-corrected chi connectivity index (χ1v) is 10.1. The summed E-state index contributed by atoms with van der Waals surface area (Å²) < 4.78 is 0. The summed E-state index contributed by atoms with van der Waals surface area (Å²) in [6, 6.07) is 7.75. The van der Waals surface area contributed by atoms with Gasteiger partial charge in [-0.2, -0.15) is 0 Å². The van der Waals surface area contributed by atoms with Crippen LogP contribution in [-0.2, 0) is 6.42 Å². The molecule has 0 spiro atoms. The Morgan fingerprint density at radius 2 is 1.69 bits per heavy atom. The lowest BCUT2D eigenvalue weighted by Gasteiger charge is -2.08. The van der Waals surface area contributed by atoms with E-state index in [-0.39, 0.29) is 5.78 Å². The summed E-state index contributed by atoms with van der Waals surface area (Å²) in [5.41, 5.74) is 3.71. The van der Waals surface area contributed by atoms with Crippen LogP contribution in [0.1, 0.15) is 81.8 Å². The van der Waals surface area contributed by atoms with Crippen molar-refractivity contribution in [3.05, 3.63) is 47.9 Å². The van der Waals surface area contributed by atoms with E-state index in [4.69, 9.17) is 0 Å². The van der Waals surface area contributed by atoms with Gasteiger partial charge in [0.05, 0.1) is 17.6 Å². The second-order valence-corrected chi connectivity index (χ2v) is 7.28. The number of unbranched alkanes of at least 4 members (excludes halogenated alkanes) is 4. The molecule has 0 N–H and O–H groups in total. The number of carbonyl (C=O) groups is 1. The fraction of sp³-hybridized carbons (Fsp3) is 0.522. The maximum absolute atomic E-state index is 12.2. The summed E-state index contributed by atoms with van der Waals surface area (Å²) in [6.45, 7) is 6.47. The number of aryl methyl sites for hydroxylation is 1. The minimum Gasteiger partial charge on any atom is -0.294 e. The predicted molar refractivity (Wildman–Crippen MR) is 108 cm³/mol. The summed E-state index contributed by atoms with van der Waals surface area (Å²) >= 11 is 0. The van der Waals surface area contributed by atoms with E-state index in [1.165, 1.54) is 32.1 Å². The van der Waals surface area contributed by atoms with Crippen LogP contribution in [0.5, 0.6) is 0 Å². The van der Waals surface area contributed by atoms with Gasteiger partial charge in [0.15, 0.2) is 5.78 Å². The molecule has 0 fully saturated rings. The first kappa shape index (κ1) is 20.3. The smallest absolute Gasteiger partial charge is 0.163 e. The molecule has 2 aromatic rings. The average Bonchev–Trinajstić information content (AvgIpc) is 2.68. The molecule has 1 heterocycles. The van der Waals surface area contributed by atoms with Crippen LogP contribution in [0.3, 0.4) is 0 Å². The topological polar surface area (TPSA) is 42.9 Å². The normalized spacial score (nSPS) is 12.1. The minimum atomic E-state index is 0.218. The molecule has 0 radical (unpaired) electrons. The maximum Gasteiger partial charge on any atom is 0.163 e. The summed E-state index contributed by atoms with van der Waals surface area (Å²) in [5, 5.41) is 0. The first-order chi connectivity index (χ1) is 12.6. The van der Waals surface area contributed by atoms with Gasteiger partial charge in [-0.25, -0.2) is 0 Å². The Bertz CT molecular complexity index is 662. The average molecular weight is 353 g/mol. The Labute approximate surface area is 158 Å². The largest absolute Gasteiger partial charge is 0.294 e. The van der Waals surface area contributed by atoms with Crippen molar-refractivity contribution in [1.29, 1.82) is 0 Å². The molecular weight excluding hydrogens is 320 g/mol. The zero-order valence-corrected chi connectivity index (χ0v) is 16.5. The van der Waals surface area contributed by atoms with E-state index in [0.717, 1.165) is 35.4 Å². The van der Waals surface area contributed by atoms with Gasteiger partial charge in [-0.15, -0.1) is 0 Å². The Morgan fingerprint density at radius 1 is 0.962 bits per heavy atom. The van der Waals surface area contributed by atoms with Crippen LogP contribution in [-0.4, -0.2) is 15.8 Å². The van der Waals surface area contributed by atoms with E-state index in [1.54, 1.807) is 0 Å². The van der Waals surface area contributed by atoms with E-state index < -0.39 is 0 Å².